The van der Waals surface area contributed by atoms with Crippen molar-refractivity contribution in [3.05, 3.63) is 53.3 Å². The van der Waals surface area contributed by atoms with Crippen molar-refractivity contribution in [3.8, 4) is 23.0 Å². The highest BCUT2D eigenvalue weighted by atomic mass is 16.8. The van der Waals surface area contributed by atoms with E-state index in [2.05, 4.69) is 0 Å². The van der Waals surface area contributed by atoms with Gasteiger partial charge in [0.2, 0.25) is 6.29 Å². The van der Waals surface area contributed by atoms with E-state index in [-0.39, 0.29) is 34.3 Å². The first-order valence-corrected chi connectivity index (χ1v) is 12.4. The zero-order valence-electron chi connectivity index (χ0n) is 20.8. The standard InChI is InChI=1S/C26H30O14/c27-8-18-20(33)21(34)24(40-25-22(35)19(32)15(31)9-36-25)26(39-18)38-17-7-13-14(30)5-12(29)6-16(13)37-23(17)10-1-3-11(28)4-2-10/h1-7,15,18-35H,8-9H2/t15-,18?,19?,20-,21?,22-,23?,24?,25+,26-/m1/s1. The lowest BCUT2D eigenvalue weighted by Gasteiger charge is -2.45. The minimum Gasteiger partial charge on any atom is -0.508 e. The number of hydrogen-bond donors (Lipinski definition) is 9. The molecule has 2 fully saturated rings. The maximum Gasteiger partial charge on any atom is 0.229 e. The van der Waals surface area contributed by atoms with E-state index in [1.165, 1.54) is 36.4 Å². The van der Waals surface area contributed by atoms with Crippen molar-refractivity contribution in [2.45, 2.75) is 61.4 Å². The molecule has 40 heavy (non-hydrogen) atoms. The van der Waals surface area contributed by atoms with Gasteiger partial charge in [-0.2, -0.15) is 0 Å². The van der Waals surface area contributed by atoms with Gasteiger partial charge in [0, 0.05) is 17.7 Å². The Morgan fingerprint density at radius 1 is 0.825 bits per heavy atom. The number of aromatic hydroxyl groups is 3. The van der Waals surface area contributed by atoms with Gasteiger partial charge in [-0.25, -0.2) is 0 Å². The van der Waals surface area contributed by atoms with E-state index in [0.29, 0.717) is 5.56 Å². The predicted molar refractivity (Wildman–Crippen MR) is 131 cm³/mol. The molecule has 14 nitrogen and oxygen atoms in total. The Labute approximate surface area is 227 Å². The van der Waals surface area contributed by atoms with Gasteiger partial charge in [-0.05, 0) is 18.2 Å². The molecule has 2 aromatic carbocycles. The number of phenols is 3. The monoisotopic (exact) mass is 566 g/mol. The third-order valence-corrected chi connectivity index (χ3v) is 6.91. The van der Waals surface area contributed by atoms with Crippen molar-refractivity contribution in [1.82, 2.24) is 0 Å². The summed E-state index contributed by atoms with van der Waals surface area (Å²) in [6.45, 7) is -1.11. The summed E-state index contributed by atoms with van der Waals surface area (Å²) in [5, 5.41) is 91.3. The van der Waals surface area contributed by atoms with Crippen LogP contribution in [0.3, 0.4) is 0 Å². The lowest BCUT2D eigenvalue weighted by Crippen LogP contribution is -2.63. The third-order valence-electron chi connectivity index (χ3n) is 6.91. The largest absolute Gasteiger partial charge is 0.508 e. The second-order valence-corrected chi connectivity index (χ2v) is 9.69. The zero-order valence-corrected chi connectivity index (χ0v) is 20.8. The molecule has 3 aliphatic rings. The van der Waals surface area contributed by atoms with Crippen molar-refractivity contribution in [1.29, 1.82) is 0 Å². The second kappa shape index (κ2) is 11.4. The zero-order chi connectivity index (χ0) is 28.7. The molecule has 3 heterocycles. The Hall–Kier alpha value is -3.18. The Kier molecular flexibility index (Phi) is 8.05. The minimum absolute atomic E-state index is 0.00127. The number of ether oxygens (including phenoxy) is 5. The Bertz CT molecular complexity index is 1220. The van der Waals surface area contributed by atoms with E-state index in [4.69, 9.17) is 23.7 Å². The fourth-order valence-corrected chi connectivity index (χ4v) is 4.70. The lowest BCUT2D eigenvalue weighted by atomic mass is 9.98. The first-order chi connectivity index (χ1) is 19.1. The number of hydrogen-bond acceptors (Lipinski definition) is 14. The summed E-state index contributed by atoms with van der Waals surface area (Å²) < 4.78 is 28.8. The maximum atomic E-state index is 10.9. The summed E-state index contributed by atoms with van der Waals surface area (Å²) in [4.78, 5) is 0. The van der Waals surface area contributed by atoms with Crippen molar-refractivity contribution in [2.75, 3.05) is 13.2 Å². The van der Waals surface area contributed by atoms with Crippen LogP contribution in [0.2, 0.25) is 0 Å². The lowest BCUT2D eigenvalue weighted by molar-refractivity contribution is -0.352. The highest BCUT2D eigenvalue weighted by Crippen LogP contribution is 2.45. The SMILES string of the molecule is OCC1O[C@@H](OC2=Cc3c(O)cc(O)cc3OC2c2ccc(O)cc2)C(O[C@@H]2OC[C@@H](O)C(O)[C@H]2O)C(O)[C@@H]1O. The van der Waals surface area contributed by atoms with Gasteiger partial charge < -0.3 is 69.6 Å². The van der Waals surface area contributed by atoms with E-state index < -0.39 is 74.6 Å². The van der Waals surface area contributed by atoms with Crippen LogP contribution in [0.25, 0.3) is 6.08 Å². The molecule has 0 spiro atoms. The highest BCUT2D eigenvalue weighted by molar-refractivity contribution is 5.69. The second-order valence-electron chi connectivity index (χ2n) is 9.69. The molecule has 0 amide bonds. The molecule has 2 saturated heterocycles. The number of benzene rings is 2. The molecule has 3 aliphatic heterocycles. The molecule has 0 saturated carbocycles. The number of aliphatic hydroxyl groups excluding tert-OH is 6. The topological polar surface area (TPSA) is 228 Å². The summed E-state index contributed by atoms with van der Waals surface area (Å²) in [6, 6.07) is 8.24. The van der Waals surface area contributed by atoms with Crippen LogP contribution < -0.4 is 4.74 Å². The van der Waals surface area contributed by atoms with Crippen LogP contribution in [0.5, 0.6) is 23.0 Å². The molecule has 0 aromatic heterocycles. The molecule has 0 bridgehead atoms. The van der Waals surface area contributed by atoms with Crippen molar-refractivity contribution >= 4 is 6.08 Å². The van der Waals surface area contributed by atoms with Crippen LogP contribution in [-0.2, 0) is 18.9 Å². The number of rotatable bonds is 6. The smallest absolute Gasteiger partial charge is 0.229 e. The summed E-state index contributed by atoms with van der Waals surface area (Å²) in [5.74, 6) is -0.516. The van der Waals surface area contributed by atoms with Crippen molar-refractivity contribution < 1.29 is 69.6 Å². The Morgan fingerprint density at radius 2 is 1.55 bits per heavy atom. The highest BCUT2D eigenvalue weighted by Gasteiger charge is 2.50. The van der Waals surface area contributed by atoms with Gasteiger partial charge in [-0.3, -0.25) is 0 Å². The van der Waals surface area contributed by atoms with Gasteiger partial charge in [-0.1, -0.05) is 12.1 Å². The summed E-state index contributed by atoms with van der Waals surface area (Å²) in [5.41, 5.74) is 0.604. The summed E-state index contributed by atoms with van der Waals surface area (Å²) in [6.07, 6.45) is -13.8. The van der Waals surface area contributed by atoms with E-state index in [9.17, 15) is 46.0 Å². The van der Waals surface area contributed by atoms with Gasteiger partial charge in [0.15, 0.2) is 18.5 Å². The van der Waals surface area contributed by atoms with E-state index in [0.717, 1.165) is 6.07 Å². The quantitative estimate of drug-likeness (QED) is 0.195. The van der Waals surface area contributed by atoms with Crippen LogP contribution in [0.1, 0.15) is 17.2 Å². The molecule has 14 heteroatoms. The fourth-order valence-electron chi connectivity index (χ4n) is 4.70. The first-order valence-electron chi connectivity index (χ1n) is 12.4. The molecule has 5 unspecified atom stereocenters. The fraction of sp³-hybridized carbons (Fsp3) is 0.462. The third kappa shape index (κ3) is 5.41. The average molecular weight is 567 g/mol. The number of phenolic OH excluding ortho intramolecular Hbond substituents is 3. The number of aliphatic hydroxyl groups is 6. The van der Waals surface area contributed by atoms with Crippen molar-refractivity contribution in [2.24, 2.45) is 0 Å². The van der Waals surface area contributed by atoms with Gasteiger partial charge in [0.05, 0.1) is 18.8 Å². The molecule has 0 aliphatic carbocycles. The van der Waals surface area contributed by atoms with Crippen molar-refractivity contribution in [3.63, 3.8) is 0 Å². The van der Waals surface area contributed by atoms with Crippen LogP contribution in [0, 0.1) is 0 Å². The van der Waals surface area contributed by atoms with E-state index in [1.54, 1.807) is 0 Å². The van der Waals surface area contributed by atoms with Gasteiger partial charge >= 0.3 is 0 Å². The van der Waals surface area contributed by atoms with Crippen LogP contribution in [0.4, 0.5) is 0 Å². The molecule has 218 valence electrons. The Balaban J connectivity index is 1.50. The predicted octanol–water partition coefficient (Wildman–Crippen LogP) is -1.44. The van der Waals surface area contributed by atoms with Crippen LogP contribution >= 0.6 is 0 Å². The van der Waals surface area contributed by atoms with Crippen LogP contribution in [-0.4, -0.2) is 114 Å². The molecule has 10 atom stereocenters. The summed E-state index contributed by atoms with van der Waals surface area (Å²) >= 11 is 0. The molecular formula is C26H30O14. The van der Waals surface area contributed by atoms with E-state index in [1.807, 2.05) is 0 Å². The van der Waals surface area contributed by atoms with Gasteiger partial charge in [0.1, 0.15) is 65.4 Å². The number of fused-ring (bicyclic) bond motifs is 1. The summed E-state index contributed by atoms with van der Waals surface area (Å²) in [7, 11) is 0. The molecule has 5 rings (SSSR count). The minimum atomic E-state index is -1.74. The van der Waals surface area contributed by atoms with Gasteiger partial charge in [0.25, 0.3) is 0 Å². The normalized spacial score (nSPS) is 35.8. The molecular weight excluding hydrogens is 536 g/mol. The molecule has 2 aromatic rings. The van der Waals surface area contributed by atoms with E-state index >= 15 is 0 Å². The first kappa shape index (κ1) is 28.4. The average Bonchev–Trinajstić information content (AvgIpc) is 2.93. The van der Waals surface area contributed by atoms with Gasteiger partial charge in [-0.15, -0.1) is 0 Å². The maximum absolute atomic E-state index is 10.9. The molecule has 9 N–H and O–H groups in total. The van der Waals surface area contributed by atoms with Crippen LogP contribution in [0.15, 0.2) is 42.2 Å². The Morgan fingerprint density at radius 3 is 2.25 bits per heavy atom. The molecule has 0 radical (unpaired) electrons.